The van der Waals surface area contributed by atoms with E-state index in [1.54, 1.807) is 30.5 Å². The van der Waals surface area contributed by atoms with Crippen molar-refractivity contribution < 1.29 is 12.8 Å². The lowest BCUT2D eigenvalue weighted by Gasteiger charge is -2.24. The molecule has 0 unspecified atom stereocenters. The minimum absolute atomic E-state index is 0.116. The average Bonchev–Trinajstić information content (AvgIpc) is 3.36. The molecule has 3 aromatic heterocycles. The van der Waals surface area contributed by atoms with Gasteiger partial charge in [0.2, 0.25) is 10.0 Å². The van der Waals surface area contributed by atoms with Gasteiger partial charge in [-0.2, -0.15) is 9.50 Å². The summed E-state index contributed by atoms with van der Waals surface area (Å²) >= 11 is 6.26. The van der Waals surface area contributed by atoms with Crippen LogP contribution in [-0.2, 0) is 10.0 Å². The monoisotopic (exact) mass is 564 g/mol. The summed E-state index contributed by atoms with van der Waals surface area (Å²) in [5, 5.41) is 13.0. The van der Waals surface area contributed by atoms with E-state index in [2.05, 4.69) is 25.5 Å². The van der Waals surface area contributed by atoms with Crippen LogP contribution < -0.4 is 9.21 Å². The summed E-state index contributed by atoms with van der Waals surface area (Å²) in [4.78, 5) is 11.0. The highest BCUT2D eigenvalue weighted by Crippen LogP contribution is 2.52. The highest BCUT2D eigenvalue weighted by molar-refractivity contribution is 7.93. The number of tetrazole rings is 1. The maximum atomic E-state index is 15.0. The molecule has 10 nitrogen and oxygen atoms in total. The van der Waals surface area contributed by atoms with E-state index >= 15 is 4.39 Å². The Labute approximate surface area is 228 Å². The van der Waals surface area contributed by atoms with E-state index in [-0.39, 0.29) is 11.2 Å². The van der Waals surface area contributed by atoms with Crippen molar-refractivity contribution in [3.63, 3.8) is 0 Å². The molecule has 2 fully saturated rings. The van der Waals surface area contributed by atoms with Gasteiger partial charge in [-0.3, -0.25) is 4.31 Å². The summed E-state index contributed by atoms with van der Waals surface area (Å²) in [6.45, 7) is 2.90. The molecule has 0 N–H and O–H groups in total. The van der Waals surface area contributed by atoms with E-state index in [4.69, 9.17) is 11.6 Å². The molecule has 0 radical (unpaired) electrons. The Hall–Kier alpha value is -3.90. The topological polar surface area (TPSA) is 109 Å². The van der Waals surface area contributed by atoms with Gasteiger partial charge in [0.05, 0.1) is 11.3 Å². The van der Waals surface area contributed by atoms with Gasteiger partial charge in [-0.05, 0) is 84.3 Å². The van der Waals surface area contributed by atoms with E-state index in [0.29, 0.717) is 57.9 Å². The molecular weight excluding hydrogens is 543 g/mol. The summed E-state index contributed by atoms with van der Waals surface area (Å²) in [6.07, 6.45) is 3.44. The van der Waals surface area contributed by atoms with Crippen molar-refractivity contribution in [3.05, 3.63) is 65.6 Å². The zero-order chi connectivity index (χ0) is 26.9. The van der Waals surface area contributed by atoms with Crippen LogP contribution in [0.3, 0.4) is 0 Å². The first kappa shape index (κ1) is 24.2. The third kappa shape index (κ3) is 4.05. The first-order valence-corrected chi connectivity index (χ1v) is 14.5. The fourth-order valence-corrected chi connectivity index (χ4v) is 7.65. The van der Waals surface area contributed by atoms with Crippen LogP contribution in [0, 0.1) is 11.2 Å². The molecular formula is C26H22ClFN8O2S. The lowest BCUT2D eigenvalue weighted by Crippen LogP contribution is -2.26. The van der Waals surface area contributed by atoms with Gasteiger partial charge in [0, 0.05) is 46.4 Å². The third-order valence-electron chi connectivity index (χ3n) is 7.45. The molecule has 5 aromatic rings. The van der Waals surface area contributed by atoms with E-state index in [9.17, 15) is 8.42 Å². The number of aromatic nitrogens is 6. The molecule has 0 bridgehead atoms. The summed E-state index contributed by atoms with van der Waals surface area (Å²) in [5.74, 6) is 0.985. The lowest BCUT2D eigenvalue weighted by molar-refractivity contribution is 0.593. The van der Waals surface area contributed by atoms with E-state index < -0.39 is 15.8 Å². The Morgan fingerprint density at radius 2 is 1.95 bits per heavy atom. The summed E-state index contributed by atoms with van der Waals surface area (Å²) < 4.78 is 43.3. The summed E-state index contributed by atoms with van der Waals surface area (Å²) in [5.41, 5.74) is 2.40. The predicted molar refractivity (Wildman–Crippen MR) is 146 cm³/mol. The molecule has 1 saturated carbocycles. The largest absolute Gasteiger partial charge is 0.326 e. The molecule has 2 aliphatic rings. The fraction of sp³-hybridized carbons (Fsp3) is 0.269. The zero-order valence-corrected chi connectivity index (χ0v) is 22.4. The number of hydrogen-bond donors (Lipinski definition) is 0. The molecule has 0 amide bonds. The first-order chi connectivity index (χ1) is 18.7. The Morgan fingerprint density at radius 1 is 1.10 bits per heavy atom. The standard InChI is InChI=1S/C26H22ClFN8O2S/c1-2-34(24-21-5-4-18(27)11-22(21)36-25(30-24)31-32-33-36)20-10-17(9-19(28)12-20)16-3-6-23(29-13-16)35-14-26(7-8-26)15-39(35,37)38/h3-6,9-13H,2,7-8,14-15H2,1H3. The Balaban J connectivity index is 1.28. The molecule has 1 saturated heterocycles. The van der Waals surface area contributed by atoms with Crippen LogP contribution in [0.4, 0.5) is 21.7 Å². The molecule has 0 atom stereocenters. The number of rotatable bonds is 5. The van der Waals surface area contributed by atoms with Crippen LogP contribution in [0.15, 0.2) is 54.7 Å². The number of halogens is 2. The lowest BCUT2D eigenvalue weighted by atomic mass is 10.1. The molecule has 4 heterocycles. The van der Waals surface area contributed by atoms with Crippen LogP contribution in [0.2, 0.25) is 5.02 Å². The van der Waals surface area contributed by atoms with Crippen LogP contribution in [0.5, 0.6) is 0 Å². The minimum Gasteiger partial charge on any atom is -0.326 e. The van der Waals surface area contributed by atoms with Crippen molar-refractivity contribution in [3.8, 4) is 11.1 Å². The highest BCUT2D eigenvalue weighted by atomic mass is 35.5. The van der Waals surface area contributed by atoms with E-state index in [1.165, 1.54) is 21.0 Å². The van der Waals surface area contributed by atoms with E-state index in [1.807, 2.05) is 24.0 Å². The van der Waals surface area contributed by atoms with Gasteiger partial charge < -0.3 is 4.90 Å². The van der Waals surface area contributed by atoms with Gasteiger partial charge in [0.25, 0.3) is 5.78 Å². The summed E-state index contributed by atoms with van der Waals surface area (Å²) in [6, 6.07) is 13.5. The maximum absolute atomic E-state index is 15.0. The number of pyridine rings is 1. The second-order valence-electron chi connectivity index (χ2n) is 10.1. The molecule has 1 spiro atoms. The Morgan fingerprint density at radius 3 is 2.67 bits per heavy atom. The van der Waals surface area contributed by atoms with Gasteiger partial charge in [0.15, 0.2) is 0 Å². The van der Waals surface area contributed by atoms with Crippen molar-refractivity contribution in [2.24, 2.45) is 5.41 Å². The normalized spacial score (nSPS) is 17.4. The second kappa shape index (κ2) is 8.55. The van der Waals surface area contributed by atoms with E-state index in [0.717, 1.165) is 18.2 Å². The quantitative estimate of drug-likeness (QED) is 0.304. The SMILES string of the molecule is CCN(c1cc(F)cc(-c2ccc(N3CC4(CC4)CS3(=O)=O)nc2)c1)c1nc2nnnn2c2cc(Cl)ccc12. The zero-order valence-electron chi connectivity index (χ0n) is 20.8. The van der Waals surface area contributed by atoms with Crippen LogP contribution in [0.1, 0.15) is 19.8 Å². The van der Waals surface area contributed by atoms with Gasteiger partial charge in [0.1, 0.15) is 17.5 Å². The summed E-state index contributed by atoms with van der Waals surface area (Å²) in [7, 11) is -3.38. The van der Waals surface area contributed by atoms with Crippen LogP contribution >= 0.6 is 11.6 Å². The number of sulfonamides is 1. The molecule has 2 aromatic carbocycles. The first-order valence-electron chi connectivity index (χ1n) is 12.5. The number of fused-ring (bicyclic) bond motifs is 3. The van der Waals surface area contributed by atoms with Crippen molar-refractivity contribution >= 4 is 55.6 Å². The van der Waals surface area contributed by atoms with Crippen molar-refractivity contribution in [2.75, 3.05) is 28.0 Å². The minimum atomic E-state index is -3.38. The Kier molecular flexibility index (Phi) is 5.30. The molecule has 13 heteroatoms. The van der Waals surface area contributed by atoms with Gasteiger partial charge in [-0.15, -0.1) is 0 Å². The smallest absolute Gasteiger partial charge is 0.275 e. The molecule has 1 aliphatic carbocycles. The van der Waals surface area contributed by atoms with Crippen LogP contribution in [-0.4, -0.2) is 57.3 Å². The average molecular weight is 565 g/mol. The second-order valence-corrected chi connectivity index (χ2v) is 12.4. The Bertz CT molecular complexity index is 1880. The van der Waals surface area contributed by atoms with Crippen molar-refractivity contribution in [2.45, 2.75) is 19.8 Å². The van der Waals surface area contributed by atoms with Crippen molar-refractivity contribution in [1.29, 1.82) is 0 Å². The van der Waals surface area contributed by atoms with Gasteiger partial charge >= 0.3 is 0 Å². The predicted octanol–water partition coefficient (Wildman–Crippen LogP) is 4.62. The number of anilines is 3. The molecule has 39 heavy (non-hydrogen) atoms. The maximum Gasteiger partial charge on any atom is 0.275 e. The third-order valence-corrected chi connectivity index (χ3v) is 9.65. The van der Waals surface area contributed by atoms with Gasteiger partial charge in [-0.25, -0.2) is 17.8 Å². The molecule has 7 rings (SSSR count). The highest BCUT2D eigenvalue weighted by Gasteiger charge is 2.55. The van der Waals surface area contributed by atoms with Gasteiger partial charge in [-0.1, -0.05) is 16.7 Å². The molecule has 198 valence electrons. The number of hydrogen-bond acceptors (Lipinski definition) is 8. The molecule has 1 aliphatic heterocycles. The van der Waals surface area contributed by atoms with Crippen LogP contribution in [0.25, 0.3) is 27.8 Å². The number of nitrogens with zero attached hydrogens (tertiary/aromatic N) is 8. The fourth-order valence-electron chi connectivity index (χ4n) is 5.31. The number of benzene rings is 2. The van der Waals surface area contributed by atoms with Crippen molar-refractivity contribution in [1.82, 2.24) is 30.0 Å².